The normalized spacial score (nSPS) is 12.0. The molecule has 0 aliphatic heterocycles. The first-order chi connectivity index (χ1) is 13.4. The molecule has 7 heteroatoms. The van der Waals surface area contributed by atoms with Gasteiger partial charge in [-0.25, -0.2) is 0 Å². The molecule has 2 aromatic carbocycles. The highest BCUT2D eigenvalue weighted by atomic mass is 35.5. The molecule has 1 N–H and O–H groups in total. The number of benzene rings is 2. The molecule has 0 saturated carbocycles. The van der Waals surface area contributed by atoms with Crippen molar-refractivity contribution in [2.45, 2.75) is 44.3 Å². The fourth-order valence-corrected chi connectivity index (χ4v) is 5.08. The molecule has 0 radical (unpaired) electrons. The van der Waals surface area contributed by atoms with Crippen molar-refractivity contribution < 1.29 is 4.79 Å². The van der Waals surface area contributed by atoms with E-state index in [4.69, 9.17) is 11.6 Å². The van der Waals surface area contributed by atoms with Crippen LogP contribution in [-0.4, -0.2) is 21.4 Å². The molecule has 0 aliphatic carbocycles. The minimum atomic E-state index is -0.212. The zero-order valence-corrected chi connectivity index (χ0v) is 18.6. The quantitative estimate of drug-likeness (QED) is 0.465. The Morgan fingerprint density at radius 1 is 1.14 bits per heavy atom. The number of nitrogens with one attached hydrogen (secondary N) is 1. The van der Waals surface area contributed by atoms with Gasteiger partial charge in [-0.05, 0) is 62.6 Å². The molecular formula is C21H22ClN3OS2. The molecule has 0 saturated heterocycles. The maximum absolute atomic E-state index is 12.7. The van der Waals surface area contributed by atoms with Crippen LogP contribution in [0.3, 0.4) is 0 Å². The van der Waals surface area contributed by atoms with E-state index in [2.05, 4.69) is 48.4 Å². The number of aryl methyl sites for hydroxylation is 3. The van der Waals surface area contributed by atoms with Gasteiger partial charge in [-0.1, -0.05) is 47.6 Å². The van der Waals surface area contributed by atoms with E-state index < -0.39 is 0 Å². The number of thioether (sulfide) groups is 1. The lowest BCUT2D eigenvalue weighted by atomic mass is 10.0. The zero-order valence-electron chi connectivity index (χ0n) is 16.2. The van der Waals surface area contributed by atoms with Crippen molar-refractivity contribution in [3.63, 3.8) is 0 Å². The van der Waals surface area contributed by atoms with Gasteiger partial charge >= 0.3 is 0 Å². The summed E-state index contributed by atoms with van der Waals surface area (Å²) >= 11 is 8.86. The summed E-state index contributed by atoms with van der Waals surface area (Å²) in [6, 6.07) is 11.8. The van der Waals surface area contributed by atoms with Crippen LogP contribution in [0.4, 0.5) is 5.13 Å². The van der Waals surface area contributed by atoms with Crippen LogP contribution >= 0.6 is 34.7 Å². The van der Waals surface area contributed by atoms with E-state index in [0.717, 1.165) is 26.6 Å². The van der Waals surface area contributed by atoms with E-state index >= 15 is 0 Å². The SMILES string of the molecule is CCC(Sc1ccc(Cl)cc1)C(=O)Nc1nnc(-c2c(C)cc(C)cc2C)s1. The van der Waals surface area contributed by atoms with Crippen LogP contribution < -0.4 is 5.32 Å². The van der Waals surface area contributed by atoms with Crippen LogP contribution in [0.1, 0.15) is 30.0 Å². The smallest absolute Gasteiger partial charge is 0.239 e. The third-order valence-electron chi connectivity index (χ3n) is 4.30. The molecule has 1 aromatic heterocycles. The Hall–Kier alpha value is -1.89. The Morgan fingerprint density at radius 3 is 2.39 bits per heavy atom. The number of nitrogens with zero attached hydrogens (tertiary/aromatic N) is 2. The maximum Gasteiger partial charge on any atom is 0.239 e. The fourth-order valence-electron chi connectivity index (χ4n) is 3.08. The van der Waals surface area contributed by atoms with E-state index in [9.17, 15) is 4.79 Å². The number of halogens is 1. The first-order valence-electron chi connectivity index (χ1n) is 9.02. The average Bonchev–Trinajstić information content (AvgIpc) is 3.08. The van der Waals surface area contributed by atoms with Crippen LogP contribution in [0.25, 0.3) is 10.6 Å². The lowest BCUT2D eigenvalue weighted by molar-refractivity contribution is -0.115. The molecule has 4 nitrogen and oxygen atoms in total. The van der Waals surface area contributed by atoms with Gasteiger partial charge < -0.3 is 0 Å². The summed E-state index contributed by atoms with van der Waals surface area (Å²) in [6.07, 6.45) is 0.709. The van der Waals surface area contributed by atoms with Crippen LogP contribution in [-0.2, 0) is 4.79 Å². The van der Waals surface area contributed by atoms with E-state index in [1.165, 1.54) is 28.7 Å². The summed E-state index contributed by atoms with van der Waals surface area (Å²) in [5.41, 5.74) is 4.64. The van der Waals surface area contributed by atoms with Gasteiger partial charge in [0.2, 0.25) is 11.0 Å². The van der Waals surface area contributed by atoms with Gasteiger partial charge in [0.1, 0.15) is 5.01 Å². The number of hydrogen-bond acceptors (Lipinski definition) is 5. The molecule has 146 valence electrons. The van der Waals surface area contributed by atoms with Crippen LogP contribution in [0.2, 0.25) is 5.02 Å². The number of aromatic nitrogens is 2. The number of hydrogen-bond donors (Lipinski definition) is 1. The first kappa shape index (κ1) is 20.8. The maximum atomic E-state index is 12.7. The molecule has 0 aliphatic rings. The molecular weight excluding hydrogens is 410 g/mol. The van der Waals surface area contributed by atoms with Crippen molar-refractivity contribution in [1.82, 2.24) is 10.2 Å². The Kier molecular flexibility index (Phi) is 6.75. The molecule has 1 heterocycles. The van der Waals surface area contributed by atoms with Crippen molar-refractivity contribution in [3.8, 4) is 10.6 Å². The fraction of sp³-hybridized carbons (Fsp3) is 0.286. The lowest BCUT2D eigenvalue weighted by Crippen LogP contribution is -2.24. The van der Waals surface area contributed by atoms with Crippen LogP contribution in [0, 0.1) is 20.8 Å². The number of anilines is 1. The minimum absolute atomic E-state index is 0.0671. The van der Waals surface area contributed by atoms with Gasteiger partial charge in [-0.3, -0.25) is 10.1 Å². The van der Waals surface area contributed by atoms with Gasteiger partial charge in [0.05, 0.1) is 5.25 Å². The van der Waals surface area contributed by atoms with Gasteiger partial charge in [0.15, 0.2) is 0 Å². The third-order valence-corrected chi connectivity index (χ3v) is 6.79. The molecule has 0 spiro atoms. The standard InChI is InChI=1S/C21H22ClN3OS2/c1-5-17(27-16-8-6-15(22)7-9-16)19(26)23-21-25-24-20(28-21)18-13(3)10-12(2)11-14(18)4/h6-11,17H,5H2,1-4H3,(H,23,25,26). The summed E-state index contributed by atoms with van der Waals surface area (Å²) < 4.78 is 0. The van der Waals surface area contributed by atoms with Crippen molar-refractivity contribution in [2.75, 3.05) is 5.32 Å². The minimum Gasteiger partial charge on any atom is -0.300 e. The Labute approximate surface area is 178 Å². The van der Waals surface area contributed by atoms with Crippen LogP contribution in [0.15, 0.2) is 41.3 Å². The number of rotatable bonds is 6. The molecule has 3 rings (SSSR count). The number of amides is 1. The van der Waals surface area contributed by atoms with Gasteiger partial charge in [0.25, 0.3) is 0 Å². The van der Waals surface area contributed by atoms with Crippen molar-refractivity contribution in [3.05, 3.63) is 58.1 Å². The lowest BCUT2D eigenvalue weighted by Gasteiger charge is -2.13. The number of carbonyl (C=O) groups is 1. The van der Waals surface area contributed by atoms with Gasteiger partial charge in [-0.2, -0.15) is 0 Å². The summed E-state index contributed by atoms with van der Waals surface area (Å²) in [4.78, 5) is 13.7. The van der Waals surface area contributed by atoms with E-state index in [1.807, 2.05) is 31.2 Å². The van der Waals surface area contributed by atoms with Crippen molar-refractivity contribution in [1.29, 1.82) is 0 Å². The predicted molar refractivity (Wildman–Crippen MR) is 120 cm³/mol. The average molecular weight is 432 g/mol. The molecule has 1 amide bonds. The Morgan fingerprint density at radius 2 is 1.79 bits per heavy atom. The number of carbonyl (C=O) groups excluding carboxylic acids is 1. The van der Waals surface area contributed by atoms with E-state index in [0.29, 0.717) is 16.6 Å². The molecule has 3 aromatic rings. The van der Waals surface area contributed by atoms with Crippen molar-refractivity contribution in [2.24, 2.45) is 0 Å². The second-order valence-corrected chi connectivity index (χ2v) is 9.33. The predicted octanol–water partition coefficient (Wildman–Crippen LogP) is 6.29. The Balaban J connectivity index is 1.73. The molecule has 28 heavy (non-hydrogen) atoms. The highest BCUT2D eigenvalue weighted by Gasteiger charge is 2.20. The first-order valence-corrected chi connectivity index (χ1v) is 11.1. The van der Waals surface area contributed by atoms with E-state index in [1.54, 1.807) is 0 Å². The topological polar surface area (TPSA) is 54.9 Å². The molecule has 0 fully saturated rings. The molecule has 1 atom stereocenters. The highest BCUT2D eigenvalue weighted by molar-refractivity contribution is 8.00. The largest absolute Gasteiger partial charge is 0.300 e. The highest BCUT2D eigenvalue weighted by Crippen LogP contribution is 2.33. The van der Waals surface area contributed by atoms with Gasteiger partial charge in [0, 0.05) is 15.5 Å². The van der Waals surface area contributed by atoms with Crippen molar-refractivity contribution >= 4 is 45.7 Å². The zero-order chi connectivity index (χ0) is 20.3. The van der Waals surface area contributed by atoms with Gasteiger partial charge in [-0.15, -0.1) is 22.0 Å². The summed E-state index contributed by atoms with van der Waals surface area (Å²) in [6.45, 7) is 8.23. The Bertz CT molecular complexity index is 963. The molecule has 1 unspecified atom stereocenters. The third kappa shape index (κ3) is 4.93. The summed E-state index contributed by atoms with van der Waals surface area (Å²) in [5, 5.41) is 13.2. The monoisotopic (exact) mass is 431 g/mol. The molecule has 0 bridgehead atoms. The second kappa shape index (κ2) is 9.07. The summed E-state index contributed by atoms with van der Waals surface area (Å²) in [7, 11) is 0. The van der Waals surface area contributed by atoms with Crippen LogP contribution in [0.5, 0.6) is 0 Å². The van der Waals surface area contributed by atoms with E-state index in [-0.39, 0.29) is 11.2 Å². The second-order valence-electron chi connectivity index (χ2n) is 6.64. The summed E-state index contributed by atoms with van der Waals surface area (Å²) in [5.74, 6) is -0.0671.